The Hall–Kier alpha value is -2.02. The van der Waals surface area contributed by atoms with E-state index >= 15 is 0 Å². The zero-order valence-electron chi connectivity index (χ0n) is 10.6. The van der Waals surface area contributed by atoms with Gasteiger partial charge in [-0.2, -0.15) is 5.26 Å². The fraction of sp³-hybridized carbons (Fsp3) is 0.429. The highest BCUT2D eigenvalue weighted by Crippen LogP contribution is 2.36. The quantitative estimate of drug-likeness (QED) is 0.867. The minimum Gasteiger partial charge on any atom is -0.480 e. The fourth-order valence-corrected chi connectivity index (χ4v) is 2.53. The van der Waals surface area contributed by atoms with Crippen LogP contribution in [0.15, 0.2) is 18.2 Å². The monoisotopic (exact) mass is 244 g/mol. The lowest BCUT2D eigenvalue weighted by Crippen LogP contribution is -2.48. The zero-order valence-corrected chi connectivity index (χ0v) is 10.6. The van der Waals surface area contributed by atoms with E-state index < -0.39 is 11.5 Å². The smallest absolute Gasteiger partial charge is 0.329 e. The van der Waals surface area contributed by atoms with Crippen molar-refractivity contribution in [3.05, 3.63) is 29.3 Å². The summed E-state index contributed by atoms with van der Waals surface area (Å²) in [6.07, 6.45) is 1.45. The Morgan fingerprint density at radius 1 is 1.56 bits per heavy atom. The maximum atomic E-state index is 11.5. The van der Waals surface area contributed by atoms with Crippen molar-refractivity contribution in [2.45, 2.75) is 32.2 Å². The van der Waals surface area contributed by atoms with Gasteiger partial charge in [-0.1, -0.05) is 6.07 Å². The Kier molecular flexibility index (Phi) is 3.00. The fourth-order valence-electron chi connectivity index (χ4n) is 2.53. The summed E-state index contributed by atoms with van der Waals surface area (Å²) in [6.45, 7) is 4.35. The molecule has 1 aromatic carbocycles. The van der Waals surface area contributed by atoms with E-state index in [9.17, 15) is 9.90 Å². The minimum absolute atomic E-state index is 0.537. The van der Waals surface area contributed by atoms with Gasteiger partial charge in [0.2, 0.25) is 0 Å². The highest BCUT2D eigenvalue weighted by molar-refractivity contribution is 5.85. The van der Waals surface area contributed by atoms with Crippen LogP contribution in [-0.2, 0) is 4.79 Å². The molecular weight excluding hydrogens is 228 g/mol. The lowest BCUT2D eigenvalue weighted by Gasteiger charge is -2.33. The van der Waals surface area contributed by atoms with E-state index in [0.717, 1.165) is 17.7 Å². The number of carbonyl (C=O) groups is 1. The Bertz CT molecular complexity index is 533. The van der Waals surface area contributed by atoms with Crippen LogP contribution in [0, 0.1) is 18.3 Å². The summed E-state index contributed by atoms with van der Waals surface area (Å²) in [5.41, 5.74) is 1.40. The number of aryl methyl sites for hydroxylation is 1. The highest BCUT2D eigenvalue weighted by Gasteiger charge is 2.44. The number of carboxylic acids is 1. The predicted octanol–water partition coefficient (Wildman–Crippen LogP) is 2.31. The van der Waals surface area contributed by atoms with E-state index in [-0.39, 0.29) is 0 Å². The molecule has 0 saturated carbocycles. The van der Waals surface area contributed by atoms with Crippen LogP contribution in [0.4, 0.5) is 5.69 Å². The third-order valence-electron chi connectivity index (χ3n) is 3.67. The topological polar surface area (TPSA) is 64.3 Å². The van der Waals surface area contributed by atoms with E-state index in [4.69, 9.17) is 5.26 Å². The Morgan fingerprint density at radius 2 is 2.28 bits per heavy atom. The van der Waals surface area contributed by atoms with Crippen molar-refractivity contribution in [2.75, 3.05) is 11.4 Å². The first-order chi connectivity index (χ1) is 8.49. The predicted molar refractivity (Wildman–Crippen MR) is 68.5 cm³/mol. The molecule has 0 aromatic heterocycles. The second-order valence-corrected chi connectivity index (χ2v) is 4.97. The molecular formula is C14H16N2O2. The standard InChI is InChI=1S/C14H16N2O2/c1-10-4-5-11(9-15)12(8-10)16-7-3-6-14(16,2)13(17)18/h4-5,8H,3,6-7H2,1-2H3,(H,17,18). The molecule has 0 radical (unpaired) electrons. The molecule has 4 nitrogen and oxygen atoms in total. The average molecular weight is 244 g/mol. The molecule has 0 bridgehead atoms. The number of nitriles is 1. The summed E-state index contributed by atoms with van der Waals surface area (Å²) in [5.74, 6) is -0.828. The molecule has 1 aliphatic heterocycles. The van der Waals surface area contributed by atoms with Gasteiger partial charge in [0, 0.05) is 6.54 Å². The first kappa shape index (κ1) is 12.4. The number of nitrogens with zero attached hydrogens (tertiary/aromatic N) is 2. The van der Waals surface area contributed by atoms with Gasteiger partial charge in [0.15, 0.2) is 0 Å². The summed E-state index contributed by atoms with van der Waals surface area (Å²) in [5, 5.41) is 18.6. The van der Waals surface area contributed by atoms with Crippen molar-refractivity contribution in [1.29, 1.82) is 5.26 Å². The van der Waals surface area contributed by atoms with Crippen molar-refractivity contribution >= 4 is 11.7 Å². The van der Waals surface area contributed by atoms with Crippen LogP contribution >= 0.6 is 0 Å². The van der Waals surface area contributed by atoms with Crippen LogP contribution < -0.4 is 4.90 Å². The second-order valence-electron chi connectivity index (χ2n) is 4.97. The van der Waals surface area contributed by atoms with Crippen LogP contribution in [0.1, 0.15) is 30.9 Å². The van der Waals surface area contributed by atoms with E-state index in [1.165, 1.54) is 0 Å². The maximum absolute atomic E-state index is 11.5. The van der Waals surface area contributed by atoms with E-state index in [2.05, 4.69) is 6.07 Å². The first-order valence-electron chi connectivity index (χ1n) is 6.01. The lowest BCUT2D eigenvalue weighted by atomic mass is 9.97. The van der Waals surface area contributed by atoms with Crippen LogP contribution in [0.2, 0.25) is 0 Å². The number of benzene rings is 1. The molecule has 0 aliphatic carbocycles. The van der Waals surface area contributed by atoms with Crippen molar-refractivity contribution in [2.24, 2.45) is 0 Å². The minimum atomic E-state index is -0.903. The van der Waals surface area contributed by atoms with Crippen LogP contribution in [-0.4, -0.2) is 23.2 Å². The number of aliphatic carboxylic acids is 1. The Morgan fingerprint density at radius 3 is 2.89 bits per heavy atom. The summed E-state index contributed by atoms with van der Waals surface area (Å²) in [4.78, 5) is 13.3. The van der Waals surface area contributed by atoms with Gasteiger partial charge in [-0.05, 0) is 44.4 Å². The molecule has 4 heteroatoms. The second kappa shape index (κ2) is 4.34. The molecule has 1 unspecified atom stereocenters. The summed E-state index contributed by atoms with van der Waals surface area (Å²) in [7, 11) is 0. The van der Waals surface area contributed by atoms with E-state index in [1.807, 2.05) is 24.0 Å². The van der Waals surface area contributed by atoms with Crippen LogP contribution in [0.3, 0.4) is 0 Å². The average Bonchev–Trinajstić information content (AvgIpc) is 2.72. The van der Waals surface area contributed by atoms with E-state index in [0.29, 0.717) is 18.5 Å². The van der Waals surface area contributed by atoms with Gasteiger partial charge >= 0.3 is 5.97 Å². The summed E-state index contributed by atoms with van der Waals surface area (Å²) >= 11 is 0. The number of hydrogen-bond acceptors (Lipinski definition) is 3. The lowest BCUT2D eigenvalue weighted by molar-refractivity contribution is -0.142. The highest BCUT2D eigenvalue weighted by atomic mass is 16.4. The van der Waals surface area contributed by atoms with Crippen molar-refractivity contribution in [3.63, 3.8) is 0 Å². The van der Waals surface area contributed by atoms with Gasteiger partial charge in [-0.15, -0.1) is 0 Å². The van der Waals surface area contributed by atoms with E-state index in [1.54, 1.807) is 13.0 Å². The van der Waals surface area contributed by atoms with Crippen molar-refractivity contribution in [3.8, 4) is 6.07 Å². The van der Waals surface area contributed by atoms with Crippen LogP contribution in [0.5, 0.6) is 0 Å². The first-order valence-corrected chi connectivity index (χ1v) is 6.01. The summed E-state index contributed by atoms with van der Waals surface area (Å²) < 4.78 is 0. The van der Waals surface area contributed by atoms with Gasteiger partial charge in [0.05, 0.1) is 11.3 Å². The molecule has 1 heterocycles. The molecule has 0 spiro atoms. The maximum Gasteiger partial charge on any atom is 0.329 e. The van der Waals surface area contributed by atoms with Crippen molar-refractivity contribution in [1.82, 2.24) is 0 Å². The Balaban J connectivity index is 2.52. The molecule has 18 heavy (non-hydrogen) atoms. The molecule has 1 N–H and O–H groups in total. The van der Waals surface area contributed by atoms with Crippen LogP contribution in [0.25, 0.3) is 0 Å². The van der Waals surface area contributed by atoms with Gasteiger partial charge in [0.25, 0.3) is 0 Å². The third-order valence-corrected chi connectivity index (χ3v) is 3.67. The van der Waals surface area contributed by atoms with Gasteiger partial charge in [-0.25, -0.2) is 4.79 Å². The number of rotatable bonds is 2. The van der Waals surface area contributed by atoms with Gasteiger partial charge < -0.3 is 10.0 Å². The summed E-state index contributed by atoms with van der Waals surface area (Å²) in [6, 6.07) is 7.66. The number of carboxylic acid groups (broad SMARTS) is 1. The molecule has 1 aromatic rings. The molecule has 0 amide bonds. The van der Waals surface area contributed by atoms with Crippen molar-refractivity contribution < 1.29 is 9.90 Å². The largest absolute Gasteiger partial charge is 0.480 e. The van der Waals surface area contributed by atoms with Gasteiger partial charge in [-0.3, -0.25) is 0 Å². The van der Waals surface area contributed by atoms with Gasteiger partial charge in [0.1, 0.15) is 11.6 Å². The SMILES string of the molecule is Cc1ccc(C#N)c(N2CCCC2(C)C(=O)O)c1. The molecule has 2 rings (SSSR count). The third kappa shape index (κ3) is 1.82. The molecule has 1 saturated heterocycles. The number of hydrogen-bond donors (Lipinski definition) is 1. The number of anilines is 1. The molecule has 1 aliphatic rings. The normalized spacial score (nSPS) is 22.8. The molecule has 1 fully saturated rings. The Labute approximate surface area is 106 Å². The zero-order chi connectivity index (χ0) is 13.3. The molecule has 94 valence electrons. The molecule has 1 atom stereocenters.